The molecule has 1 aromatic rings. The molecule has 1 N–H and O–H groups in total. The second-order valence-electron chi connectivity index (χ2n) is 4.48. The SMILES string of the molecule is COc1nc(OC)nc(N(C)CC2CC(O)C2)n1. The number of aliphatic hydroxyl groups is 1. The smallest absolute Gasteiger partial charge is 0.324 e. The Morgan fingerprint density at radius 1 is 1.17 bits per heavy atom. The van der Waals surface area contributed by atoms with Gasteiger partial charge in [0.2, 0.25) is 5.95 Å². The third kappa shape index (κ3) is 2.79. The van der Waals surface area contributed by atoms with E-state index in [9.17, 15) is 5.11 Å². The van der Waals surface area contributed by atoms with Crippen LogP contribution in [0.25, 0.3) is 0 Å². The van der Waals surface area contributed by atoms with Crippen LogP contribution < -0.4 is 14.4 Å². The summed E-state index contributed by atoms with van der Waals surface area (Å²) in [6.07, 6.45) is 1.53. The molecular weight excluding hydrogens is 236 g/mol. The third-order valence-corrected chi connectivity index (χ3v) is 3.03. The number of hydrogen-bond donors (Lipinski definition) is 1. The maximum absolute atomic E-state index is 9.27. The molecule has 1 saturated carbocycles. The molecule has 7 nitrogen and oxygen atoms in total. The predicted molar refractivity (Wildman–Crippen MR) is 64.9 cm³/mol. The molecule has 1 heterocycles. The molecule has 1 aliphatic rings. The second kappa shape index (κ2) is 5.34. The Labute approximate surface area is 106 Å². The molecule has 0 unspecified atom stereocenters. The Hall–Kier alpha value is -1.63. The van der Waals surface area contributed by atoms with Gasteiger partial charge in [-0.1, -0.05) is 0 Å². The summed E-state index contributed by atoms with van der Waals surface area (Å²) in [5, 5.41) is 9.27. The first kappa shape index (κ1) is 12.8. The molecule has 0 aliphatic heterocycles. The van der Waals surface area contributed by atoms with E-state index in [1.54, 1.807) is 0 Å². The molecule has 0 radical (unpaired) electrons. The molecule has 100 valence electrons. The van der Waals surface area contributed by atoms with Crippen LogP contribution in [0.1, 0.15) is 12.8 Å². The first-order valence-electron chi connectivity index (χ1n) is 5.85. The fraction of sp³-hybridized carbons (Fsp3) is 0.727. The Kier molecular flexibility index (Phi) is 3.81. The summed E-state index contributed by atoms with van der Waals surface area (Å²) < 4.78 is 10.0. The van der Waals surface area contributed by atoms with Gasteiger partial charge in [0.25, 0.3) is 0 Å². The number of aromatic nitrogens is 3. The minimum absolute atomic E-state index is 0.147. The minimum Gasteiger partial charge on any atom is -0.467 e. The van der Waals surface area contributed by atoms with Gasteiger partial charge in [-0.05, 0) is 18.8 Å². The zero-order chi connectivity index (χ0) is 13.1. The maximum atomic E-state index is 9.27. The quantitative estimate of drug-likeness (QED) is 0.797. The first-order valence-corrected chi connectivity index (χ1v) is 5.85. The van der Waals surface area contributed by atoms with Gasteiger partial charge in [0, 0.05) is 13.6 Å². The van der Waals surface area contributed by atoms with Crippen LogP contribution in [-0.2, 0) is 0 Å². The van der Waals surface area contributed by atoms with Crippen molar-refractivity contribution in [3.8, 4) is 12.0 Å². The number of hydrogen-bond acceptors (Lipinski definition) is 7. The molecule has 0 aromatic carbocycles. The Balaban J connectivity index is 2.06. The average molecular weight is 254 g/mol. The highest BCUT2D eigenvalue weighted by Crippen LogP contribution is 2.28. The Bertz CT molecular complexity index is 387. The van der Waals surface area contributed by atoms with E-state index in [0.717, 1.165) is 19.4 Å². The van der Waals surface area contributed by atoms with E-state index >= 15 is 0 Å². The van der Waals surface area contributed by atoms with Crippen molar-refractivity contribution >= 4 is 5.95 Å². The highest BCUT2D eigenvalue weighted by Gasteiger charge is 2.28. The second-order valence-corrected chi connectivity index (χ2v) is 4.48. The molecule has 0 atom stereocenters. The van der Waals surface area contributed by atoms with Gasteiger partial charge in [0.15, 0.2) is 0 Å². The van der Waals surface area contributed by atoms with Gasteiger partial charge in [0.05, 0.1) is 20.3 Å². The zero-order valence-corrected chi connectivity index (χ0v) is 10.8. The topological polar surface area (TPSA) is 80.6 Å². The lowest BCUT2D eigenvalue weighted by Crippen LogP contribution is -2.37. The van der Waals surface area contributed by atoms with Crippen LogP contribution in [0.4, 0.5) is 5.95 Å². The van der Waals surface area contributed by atoms with Gasteiger partial charge in [-0.3, -0.25) is 0 Å². The van der Waals surface area contributed by atoms with Gasteiger partial charge >= 0.3 is 12.0 Å². The molecule has 1 aromatic heterocycles. The number of rotatable bonds is 5. The molecular formula is C11H18N4O3. The van der Waals surface area contributed by atoms with Gasteiger partial charge in [-0.15, -0.1) is 4.98 Å². The first-order chi connectivity index (χ1) is 8.62. The third-order valence-electron chi connectivity index (χ3n) is 3.03. The highest BCUT2D eigenvalue weighted by atomic mass is 16.5. The van der Waals surface area contributed by atoms with Crippen LogP contribution in [0.3, 0.4) is 0 Å². The van der Waals surface area contributed by atoms with E-state index in [-0.39, 0.29) is 18.1 Å². The highest BCUT2D eigenvalue weighted by molar-refractivity contribution is 5.31. The van der Waals surface area contributed by atoms with E-state index in [2.05, 4.69) is 15.0 Å². The van der Waals surface area contributed by atoms with E-state index in [1.165, 1.54) is 14.2 Å². The summed E-state index contributed by atoms with van der Waals surface area (Å²) in [6, 6.07) is 0.467. The van der Waals surface area contributed by atoms with Crippen LogP contribution in [0.15, 0.2) is 0 Å². The molecule has 1 fully saturated rings. The lowest BCUT2D eigenvalue weighted by molar-refractivity contribution is 0.0463. The molecule has 0 saturated heterocycles. The molecule has 18 heavy (non-hydrogen) atoms. The van der Waals surface area contributed by atoms with E-state index in [0.29, 0.717) is 11.9 Å². The van der Waals surface area contributed by atoms with E-state index in [1.807, 2.05) is 11.9 Å². The molecule has 1 aliphatic carbocycles. The maximum Gasteiger partial charge on any atom is 0.324 e. The van der Waals surface area contributed by atoms with Gasteiger partial charge in [-0.2, -0.15) is 9.97 Å². The summed E-state index contributed by atoms with van der Waals surface area (Å²) in [5.41, 5.74) is 0. The van der Waals surface area contributed by atoms with Crippen LogP contribution >= 0.6 is 0 Å². The fourth-order valence-electron chi connectivity index (χ4n) is 2.00. The molecule has 7 heteroatoms. The Morgan fingerprint density at radius 2 is 1.72 bits per heavy atom. The zero-order valence-electron chi connectivity index (χ0n) is 10.8. The van der Waals surface area contributed by atoms with E-state index < -0.39 is 0 Å². The number of methoxy groups -OCH3 is 2. The standard InChI is InChI=1S/C11H18N4O3/c1-15(6-7-4-8(16)5-7)9-12-10(17-2)14-11(13-9)18-3/h7-8,16H,4-6H2,1-3H3. The molecule has 2 rings (SSSR count). The fourth-order valence-corrected chi connectivity index (χ4v) is 2.00. The van der Waals surface area contributed by atoms with Crippen molar-refractivity contribution in [2.75, 3.05) is 32.7 Å². The molecule has 0 bridgehead atoms. The van der Waals surface area contributed by atoms with Crippen LogP contribution in [0, 0.1) is 5.92 Å². The summed E-state index contributed by atoms with van der Waals surface area (Å²) in [5.74, 6) is 0.999. The van der Waals surface area contributed by atoms with Crippen LogP contribution in [0.5, 0.6) is 12.0 Å². The van der Waals surface area contributed by atoms with Crippen molar-refractivity contribution in [3.05, 3.63) is 0 Å². The predicted octanol–water partition coefficient (Wildman–Crippen LogP) is 0.0959. The largest absolute Gasteiger partial charge is 0.467 e. The van der Waals surface area contributed by atoms with Crippen molar-refractivity contribution < 1.29 is 14.6 Å². The minimum atomic E-state index is -0.147. The number of ether oxygens (including phenoxy) is 2. The lowest BCUT2D eigenvalue weighted by Gasteiger charge is -2.34. The van der Waals surface area contributed by atoms with Crippen molar-refractivity contribution in [2.45, 2.75) is 18.9 Å². The number of anilines is 1. The van der Waals surface area contributed by atoms with Crippen molar-refractivity contribution in [1.82, 2.24) is 15.0 Å². The summed E-state index contributed by atoms with van der Waals surface area (Å²) >= 11 is 0. The Morgan fingerprint density at radius 3 is 2.17 bits per heavy atom. The van der Waals surface area contributed by atoms with Crippen molar-refractivity contribution in [1.29, 1.82) is 0 Å². The normalized spacial score (nSPS) is 22.2. The summed E-state index contributed by atoms with van der Waals surface area (Å²) in [4.78, 5) is 14.2. The van der Waals surface area contributed by atoms with E-state index in [4.69, 9.17) is 9.47 Å². The monoisotopic (exact) mass is 254 g/mol. The van der Waals surface area contributed by atoms with Crippen molar-refractivity contribution in [3.63, 3.8) is 0 Å². The molecule has 0 amide bonds. The summed E-state index contributed by atoms with van der Waals surface area (Å²) in [6.45, 7) is 0.799. The van der Waals surface area contributed by atoms with Crippen LogP contribution in [0.2, 0.25) is 0 Å². The summed E-state index contributed by atoms with van der Waals surface area (Å²) in [7, 11) is 4.90. The van der Waals surface area contributed by atoms with Gasteiger partial charge < -0.3 is 19.5 Å². The van der Waals surface area contributed by atoms with Crippen LogP contribution in [-0.4, -0.2) is 54.0 Å². The number of aliphatic hydroxyl groups excluding tert-OH is 1. The van der Waals surface area contributed by atoms with Crippen molar-refractivity contribution in [2.24, 2.45) is 5.92 Å². The number of nitrogens with zero attached hydrogens (tertiary/aromatic N) is 4. The van der Waals surface area contributed by atoms with Gasteiger partial charge in [-0.25, -0.2) is 0 Å². The lowest BCUT2D eigenvalue weighted by atomic mass is 9.82. The molecule has 0 spiro atoms. The average Bonchev–Trinajstić information content (AvgIpc) is 2.36. The van der Waals surface area contributed by atoms with Gasteiger partial charge in [0.1, 0.15) is 0 Å².